The van der Waals surface area contributed by atoms with Crippen molar-refractivity contribution in [1.82, 2.24) is 15.5 Å². The fraction of sp³-hybridized carbons (Fsp3) is 0.917. The summed E-state index contributed by atoms with van der Waals surface area (Å²) in [6.45, 7) is 6.84. The number of hydrogen-bond donors (Lipinski definition) is 2. The normalized spacial score (nSPS) is 26.2. The van der Waals surface area contributed by atoms with Crippen molar-refractivity contribution in [2.75, 3.05) is 40.4 Å². The van der Waals surface area contributed by atoms with Gasteiger partial charge in [-0.05, 0) is 27.6 Å². The monoisotopic (exact) mass is 243 g/mol. The molecule has 0 aromatic carbocycles. The van der Waals surface area contributed by atoms with Crippen LogP contribution in [-0.4, -0.2) is 63.3 Å². The van der Waals surface area contributed by atoms with E-state index >= 15 is 0 Å². The molecule has 1 saturated heterocycles. The number of ether oxygens (including phenoxy) is 1. The lowest BCUT2D eigenvalue weighted by Gasteiger charge is -2.22. The number of nitrogens with one attached hydrogen (secondary N) is 2. The summed E-state index contributed by atoms with van der Waals surface area (Å²) >= 11 is 0. The topological polar surface area (TPSA) is 53.6 Å². The van der Waals surface area contributed by atoms with E-state index in [9.17, 15) is 4.79 Å². The summed E-state index contributed by atoms with van der Waals surface area (Å²) in [5.41, 5.74) is 0. The molecule has 5 heteroatoms. The van der Waals surface area contributed by atoms with Gasteiger partial charge in [-0.1, -0.05) is 6.92 Å². The third-order valence-electron chi connectivity index (χ3n) is 3.34. The number of likely N-dealkylation sites (N-methyl/N-ethyl adjacent to an activating group) is 2. The molecule has 1 fully saturated rings. The van der Waals surface area contributed by atoms with Gasteiger partial charge >= 0.3 is 0 Å². The van der Waals surface area contributed by atoms with Gasteiger partial charge in [-0.3, -0.25) is 4.79 Å². The van der Waals surface area contributed by atoms with E-state index < -0.39 is 0 Å². The maximum atomic E-state index is 12.0. The Bertz CT molecular complexity index is 246. The number of amides is 1. The van der Waals surface area contributed by atoms with Crippen molar-refractivity contribution in [3.8, 4) is 0 Å². The van der Waals surface area contributed by atoms with Gasteiger partial charge in [0.05, 0.1) is 19.1 Å². The van der Waals surface area contributed by atoms with Crippen molar-refractivity contribution in [1.29, 1.82) is 0 Å². The minimum Gasteiger partial charge on any atom is -0.379 e. The second kappa shape index (κ2) is 6.93. The Kier molecular flexibility index (Phi) is 5.88. The van der Waals surface area contributed by atoms with Crippen molar-refractivity contribution in [3.05, 3.63) is 0 Å². The second-order valence-corrected chi connectivity index (χ2v) is 4.87. The molecular formula is C12H25N3O2. The zero-order valence-electron chi connectivity index (χ0n) is 11.3. The van der Waals surface area contributed by atoms with Crippen molar-refractivity contribution in [3.63, 3.8) is 0 Å². The molecule has 1 heterocycles. The lowest BCUT2D eigenvalue weighted by molar-refractivity contribution is -0.125. The SMILES string of the molecule is CCNC1COCC1C(=O)NCC(C)N(C)C. The average Bonchev–Trinajstić information content (AvgIpc) is 2.74. The van der Waals surface area contributed by atoms with Crippen LogP contribution >= 0.6 is 0 Å². The molecule has 2 N–H and O–H groups in total. The van der Waals surface area contributed by atoms with E-state index in [1.807, 2.05) is 21.0 Å². The maximum absolute atomic E-state index is 12.0. The highest BCUT2D eigenvalue weighted by Crippen LogP contribution is 2.13. The van der Waals surface area contributed by atoms with Crippen LogP contribution in [0.4, 0.5) is 0 Å². The highest BCUT2D eigenvalue weighted by atomic mass is 16.5. The quantitative estimate of drug-likeness (QED) is 0.671. The number of carbonyl (C=O) groups is 1. The zero-order valence-corrected chi connectivity index (χ0v) is 11.3. The lowest BCUT2D eigenvalue weighted by atomic mass is 10.0. The van der Waals surface area contributed by atoms with Crippen LogP contribution in [0, 0.1) is 5.92 Å². The van der Waals surface area contributed by atoms with Crippen LogP contribution in [0.25, 0.3) is 0 Å². The van der Waals surface area contributed by atoms with E-state index in [1.165, 1.54) is 0 Å². The molecule has 17 heavy (non-hydrogen) atoms. The molecule has 0 bridgehead atoms. The van der Waals surface area contributed by atoms with Gasteiger partial charge in [-0.15, -0.1) is 0 Å². The van der Waals surface area contributed by atoms with Crippen LogP contribution in [-0.2, 0) is 9.53 Å². The number of carbonyl (C=O) groups excluding carboxylic acids is 1. The molecule has 1 amide bonds. The molecule has 0 saturated carbocycles. The van der Waals surface area contributed by atoms with E-state index in [-0.39, 0.29) is 17.9 Å². The average molecular weight is 243 g/mol. The largest absolute Gasteiger partial charge is 0.379 e. The number of nitrogens with zero attached hydrogens (tertiary/aromatic N) is 1. The predicted molar refractivity (Wildman–Crippen MR) is 67.9 cm³/mol. The summed E-state index contributed by atoms with van der Waals surface area (Å²) in [4.78, 5) is 14.1. The van der Waals surface area contributed by atoms with Crippen LogP contribution in [0.3, 0.4) is 0 Å². The summed E-state index contributed by atoms with van der Waals surface area (Å²) in [6.07, 6.45) is 0. The van der Waals surface area contributed by atoms with Gasteiger partial charge in [-0.25, -0.2) is 0 Å². The second-order valence-electron chi connectivity index (χ2n) is 4.87. The third kappa shape index (κ3) is 4.26. The van der Waals surface area contributed by atoms with Gasteiger partial charge in [0.25, 0.3) is 0 Å². The van der Waals surface area contributed by atoms with E-state index in [2.05, 4.69) is 22.5 Å². The Hall–Kier alpha value is -0.650. The first-order valence-electron chi connectivity index (χ1n) is 6.31. The molecule has 1 aliphatic rings. The fourth-order valence-corrected chi connectivity index (χ4v) is 1.84. The van der Waals surface area contributed by atoms with Gasteiger partial charge in [0.1, 0.15) is 0 Å². The van der Waals surface area contributed by atoms with Crippen molar-refractivity contribution >= 4 is 5.91 Å². The molecule has 1 aliphatic heterocycles. The van der Waals surface area contributed by atoms with Crippen molar-refractivity contribution < 1.29 is 9.53 Å². The summed E-state index contributed by atoms with van der Waals surface area (Å²) in [6, 6.07) is 0.508. The summed E-state index contributed by atoms with van der Waals surface area (Å²) in [7, 11) is 4.02. The van der Waals surface area contributed by atoms with Gasteiger partial charge in [-0.2, -0.15) is 0 Å². The molecule has 5 nitrogen and oxygen atoms in total. The molecule has 3 atom stereocenters. The summed E-state index contributed by atoms with van der Waals surface area (Å²) in [5.74, 6) is 0.0477. The molecule has 0 aliphatic carbocycles. The Balaban J connectivity index is 2.36. The Morgan fingerprint density at radius 1 is 1.47 bits per heavy atom. The number of hydrogen-bond acceptors (Lipinski definition) is 4. The van der Waals surface area contributed by atoms with Crippen LogP contribution in [0.15, 0.2) is 0 Å². The smallest absolute Gasteiger partial charge is 0.227 e. The molecule has 100 valence electrons. The van der Waals surface area contributed by atoms with Gasteiger partial charge in [0.2, 0.25) is 5.91 Å². The highest BCUT2D eigenvalue weighted by Gasteiger charge is 2.33. The minimum atomic E-state index is -0.0516. The Morgan fingerprint density at radius 2 is 2.18 bits per heavy atom. The van der Waals surface area contributed by atoms with Crippen LogP contribution < -0.4 is 10.6 Å². The van der Waals surface area contributed by atoms with Crippen LogP contribution in [0.5, 0.6) is 0 Å². The first kappa shape index (κ1) is 14.4. The molecule has 0 aromatic heterocycles. The van der Waals surface area contributed by atoms with E-state index in [0.29, 0.717) is 25.8 Å². The fourth-order valence-electron chi connectivity index (χ4n) is 1.84. The molecule has 3 unspecified atom stereocenters. The van der Waals surface area contributed by atoms with Gasteiger partial charge < -0.3 is 20.3 Å². The minimum absolute atomic E-state index is 0.0516. The summed E-state index contributed by atoms with van der Waals surface area (Å²) < 4.78 is 5.36. The van der Waals surface area contributed by atoms with E-state index in [1.54, 1.807) is 0 Å². The van der Waals surface area contributed by atoms with Crippen molar-refractivity contribution in [2.45, 2.75) is 25.9 Å². The maximum Gasteiger partial charge on any atom is 0.227 e. The van der Waals surface area contributed by atoms with E-state index in [0.717, 1.165) is 6.54 Å². The molecular weight excluding hydrogens is 218 g/mol. The van der Waals surface area contributed by atoms with Gasteiger partial charge in [0.15, 0.2) is 0 Å². The molecule has 1 rings (SSSR count). The van der Waals surface area contributed by atoms with Crippen LogP contribution in [0.1, 0.15) is 13.8 Å². The molecule has 0 spiro atoms. The molecule has 0 aromatic rings. The van der Waals surface area contributed by atoms with E-state index in [4.69, 9.17) is 4.74 Å². The zero-order chi connectivity index (χ0) is 12.8. The lowest BCUT2D eigenvalue weighted by Crippen LogP contribution is -2.46. The van der Waals surface area contributed by atoms with Crippen LogP contribution in [0.2, 0.25) is 0 Å². The number of rotatable bonds is 6. The first-order chi connectivity index (χ1) is 8.06. The highest BCUT2D eigenvalue weighted by molar-refractivity contribution is 5.79. The standard InChI is InChI=1S/C12H25N3O2/c1-5-13-11-8-17-7-10(11)12(16)14-6-9(2)15(3)4/h9-11,13H,5-8H2,1-4H3,(H,14,16). The molecule has 0 radical (unpaired) electrons. The van der Waals surface area contributed by atoms with Gasteiger partial charge in [0, 0.05) is 18.6 Å². The first-order valence-corrected chi connectivity index (χ1v) is 6.31. The summed E-state index contributed by atoms with van der Waals surface area (Å²) in [5, 5.41) is 6.28. The predicted octanol–water partition coefficient (Wildman–Crippen LogP) is -0.323. The van der Waals surface area contributed by atoms with Crippen molar-refractivity contribution in [2.24, 2.45) is 5.92 Å². The third-order valence-corrected chi connectivity index (χ3v) is 3.34. The Labute approximate surface area is 104 Å². The Morgan fingerprint density at radius 3 is 2.76 bits per heavy atom.